The lowest BCUT2D eigenvalue weighted by molar-refractivity contribution is -0.137. The largest absolute Gasteiger partial charge is 0.481 e. The van der Waals surface area contributed by atoms with Crippen molar-refractivity contribution < 1.29 is 18.3 Å². The van der Waals surface area contributed by atoms with Gasteiger partial charge in [0.2, 0.25) is 0 Å². The number of aliphatic carboxylic acids is 1. The van der Waals surface area contributed by atoms with Gasteiger partial charge in [0.25, 0.3) is 0 Å². The Labute approximate surface area is 244 Å². The molecule has 6 nitrogen and oxygen atoms in total. The molecule has 4 aromatic carbocycles. The molecular weight excluding hydrogens is 553 g/mol. The predicted octanol–water partition coefficient (Wildman–Crippen LogP) is 7.37. The van der Waals surface area contributed by atoms with Crippen molar-refractivity contribution in [3.05, 3.63) is 131 Å². The number of rotatable bonds is 12. The van der Waals surface area contributed by atoms with Crippen molar-refractivity contribution in [2.45, 2.75) is 30.1 Å². The van der Waals surface area contributed by atoms with Crippen molar-refractivity contribution >= 4 is 38.0 Å². The second kappa shape index (κ2) is 12.9. The molecule has 0 saturated carbocycles. The lowest BCUT2D eigenvalue weighted by Crippen LogP contribution is -2.18. The fourth-order valence-electron chi connectivity index (χ4n) is 4.72. The van der Waals surface area contributed by atoms with Crippen LogP contribution in [0.25, 0.3) is 11.3 Å². The minimum absolute atomic E-state index is 0.206. The van der Waals surface area contributed by atoms with Crippen LogP contribution in [0, 0.1) is 0 Å². The number of hydrogen-bond acceptors (Lipinski definition) is 6. The lowest BCUT2D eigenvalue weighted by Gasteiger charge is -2.16. The van der Waals surface area contributed by atoms with Gasteiger partial charge < -0.3 is 10.4 Å². The van der Waals surface area contributed by atoms with Gasteiger partial charge >= 0.3 is 5.97 Å². The molecule has 0 saturated heterocycles. The molecule has 0 spiro atoms. The number of thiazole rings is 1. The zero-order valence-corrected chi connectivity index (χ0v) is 23.9. The van der Waals surface area contributed by atoms with E-state index in [9.17, 15) is 18.3 Å². The summed E-state index contributed by atoms with van der Waals surface area (Å²) >= 11 is 1.56. The fraction of sp³-hybridized carbons (Fsp3) is 0.152. The number of carboxylic acid groups (broad SMARTS) is 1. The van der Waals surface area contributed by atoms with Gasteiger partial charge in [-0.25, -0.2) is 13.4 Å². The summed E-state index contributed by atoms with van der Waals surface area (Å²) in [6.07, 6.45) is 1.31. The number of hydrogen-bond donors (Lipinski definition) is 2. The highest BCUT2D eigenvalue weighted by molar-refractivity contribution is 7.91. The second-order valence-electron chi connectivity index (χ2n) is 9.86. The smallest absolute Gasteiger partial charge is 0.303 e. The number of carbonyl (C=O) groups is 1. The third-order valence-corrected chi connectivity index (χ3v) is 9.44. The topological polar surface area (TPSA) is 96.4 Å². The number of nitrogens with one attached hydrogen (secondary N) is 1. The molecule has 208 valence electrons. The van der Waals surface area contributed by atoms with Crippen LogP contribution in [0.1, 0.15) is 29.0 Å². The summed E-state index contributed by atoms with van der Waals surface area (Å²) in [5, 5.41) is 15.6. The number of aromatic nitrogens is 1. The maximum absolute atomic E-state index is 13.2. The van der Waals surface area contributed by atoms with Crippen molar-refractivity contribution in [3.63, 3.8) is 0 Å². The maximum Gasteiger partial charge on any atom is 0.303 e. The van der Waals surface area contributed by atoms with E-state index < -0.39 is 21.7 Å². The molecule has 5 aromatic rings. The third-order valence-electron chi connectivity index (χ3n) is 6.85. The average Bonchev–Trinajstić information content (AvgIpc) is 3.45. The summed E-state index contributed by atoms with van der Waals surface area (Å²) in [6.45, 7) is 0. The van der Waals surface area contributed by atoms with Crippen LogP contribution in [0.2, 0.25) is 0 Å². The molecule has 0 radical (unpaired) electrons. The van der Waals surface area contributed by atoms with Gasteiger partial charge in [0.15, 0.2) is 15.0 Å². The highest BCUT2D eigenvalue weighted by Crippen LogP contribution is 2.28. The zero-order valence-electron chi connectivity index (χ0n) is 22.3. The monoisotopic (exact) mass is 582 g/mol. The standard InChI is InChI=1S/C33H30N2O4S2/c36-32(37)21-28(26-9-3-1-4-10-26)23-41(38,39)30-18-16-24(17-19-30)14-15-25-8-7-13-29(20-25)34-33-35-31(22-40-33)27-11-5-2-6-12-27/h1-13,16-20,22,28H,14-15,21,23H2,(H,34,35)(H,36,37). The Morgan fingerprint density at radius 3 is 2.22 bits per heavy atom. The van der Waals surface area contributed by atoms with E-state index in [0.29, 0.717) is 5.56 Å². The minimum Gasteiger partial charge on any atom is -0.481 e. The molecule has 0 aliphatic rings. The highest BCUT2D eigenvalue weighted by atomic mass is 32.2. The molecule has 0 fully saturated rings. The summed E-state index contributed by atoms with van der Waals surface area (Å²) < 4.78 is 26.3. The quantitative estimate of drug-likeness (QED) is 0.159. The number of benzene rings is 4. The van der Waals surface area contributed by atoms with Crippen LogP contribution < -0.4 is 5.32 Å². The van der Waals surface area contributed by atoms with Gasteiger partial charge in [-0.3, -0.25) is 4.79 Å². The number of sulfone groups is 1. The first-order valence-electron chi connectivity index (χ1n) is 13.3. The van der Waals surface area contributed by atoms with Gasteiger partial charge in [-0.1, -0.05) is 84.9 Å². The molecular formula is C33H30N2O4S2. The lowest BCUT2D eigenvalue weighted by atomic mass is 9.98. The van der Waals surface area contributed by atoms with Crippen molar-refractivity contribution in [2.75, 3.05) is 11.1 Å². The summed E-state index contributed by atoms with van der Waals surface area (Å²) in [7, 11) is -3.67. The van der Waals surface area contributed by atoms with Crippen molar-refractivity contribution in [1.29, 1.82) is 0 Å². The summed E-state index contributed by atoms with van der Waals surface area (Å²) in [4.78, 5) is 16.3. The Morgan fingerprint density at radius 1 is 0.829 bits per heavy atom. The van der Waals surface area contributed by atoms with E-state index in [1.54, 1.807) is 47.7 Å². The zero-order chi connectivity index (χ0) is 28.7. The van der Waals surface area contributed by atoms with Crippen LogP contribution in [0.4, 0.5) is 10.8 Å². The van der Waals surface area contributed by atoms with Crippen LogP contribution in [0.15, 0.2) is 119 Å². The van der Waals surface area contributed by atoms with E-state index >= 15 is 0 Å². The van der Waals surface area contributed by atoms with Gasteiger partial charge in [-0.15, -0.1) is 11.3 Å². The SMILES string of the molecule is O=C(O)CC(CS(=O)(=O)c1ccc(CCc2cccc(Nc3nc(-c4ccccc4)cs3)c2)cc1)c1ccccc1. The molecule has 1 aromatic heterocycles. The predicted molar refractivity (Wildman–Crippen MR) is 165 cm³/mol. The Hall–Kier alpha value is -4.27. The summed E-state index contributed by atoms with van der Waals surface area (Å²) in [6, 6.07) is 34.2. The van der Waals surface area contributed by atoms with Crippen LogP contribution in [-0.2, 0) is 27.5 Å². The van der Waals surface area contributed by atoms with E-state index in [1.807, 2.05) is 66.0 Å². The molecule has 2 N–H and O–H groups in total. The van der Waals surface area contributed by atoms with Gasteiger partial charge in [0.1, 0.15) is 0 Å². The molecule has 1 heterocycles. The molecule has 41 heavy (non-hydrogen) atoms. The van der Waals surface area contributed by atoms with Crippen LogP contribution in [0.3, 0.4) is 0 Å². The fourth-order valence-corrected chi connectivity index (χ4v) is 7.05. The minimum atomic E-state index is -3.67. The summed E-state index contributed by atoms with van der Waals surface area (Å²) in [5.41, 5.74) is 5.88. The first-order valence-corrected chi connectivity index (χ1v) is 15.8. The normalized spacial score (nSPS) is 12.1. The first-order chi connectivity index (χ1) is 19.9. The van der Waals surface area contributed by atoms with Crippen molar-refractivity contribution in [3.8, 4) is 11.3 Å². The van der Waals surface area contributed by atoms with Gasteiger partial charge in [-0.2, -0.15) is 0 Å². The molecule has 0 amide bonds. The van der Waals surface area contributed by atoms with E-state index in [2.05, 4.69) is 17.4 Å². The molecule has 0 aliphatic carbocycles. The van der Waals surface area contributed by atoms with Crippen LogP contribution >= 0.6 is 11.3 Å². The van der Waals surface area contributed by atoms with E-state index in [-0.39, 0.29) is 17.1 Å². The highest BCUT2D eigenvalue weighted by Gasteiger charge is 2.24. The van der Waals surface area contributed by atoms with Gasteiger partial charge in [-0.05, 0) is 53.8 Å². The van der Waals surface area contributed by atoms with Gasteiger partial charge in [0.05, 0.1) is 22.8 Å². The Morgan fingerprint density at radius 2 is 1.51 bits per heavy atom. The molecule has 0 aliphatic heterocycles. The molecule has 5 rings (SSSR count). The molecule has 0 bridgehead atoms. The second-order valence-corrected chi connectivity index (χ2v) is 12.8. The van der Waals surface area contributed by atoms with E-state index in [0.717, 1.165) is 46.0 Å². The molecule has 8 heteroatoms. The van der Waals surface area contributed by atoms with Crippen molar-refractivity contribution in [2.24, 2.45) is 0 Å². The van der Waals surface area contributed by atoms with E-state index in [4.69, 9.17) is 4.98 Å². The van der Waals surface area contributed by atoms with E-state index in [1.165, 1.54) is 0 Å². The average molecular weight is 583 g/mol. The number of aryl methyl sites for hydroxylation is 2. The maximum atomic E-state index is 13.2. The number of nitrogens with zero attached hydrogens (tertiary/aromatic N) is 1. The molecule has 1 atom stereocenters. The van der Waals surface area contributed by atoms with Gasteiger partial charge in [0, 0.05) is 22.5 Å². The van der Waals surface area contributed by atoms with Crippen LogP contribution in [-0.4, -0.2) is 30.2 Å². The molecule has 1 unspecified atom stereocenters. The Kier molecular flexibility index (Phi) is 8.91. The third kappa shape index (κ3) is 7.68. The van der Waals surface area contributed by atoms with Crippen LogP contribution in [0.5, 0.6) is 0 Å². The number of anilines is 2. The Bertz CT molecular complexity index is 1700. The summed E-state index contributed by atoms with van der Waals surface area (Å²) in [5.74, 6) is -1.89. The van der Waals surface area contributed by atoms with Crippen molar-refractivity contribution in [1.82, 2.24) is 4.98 Å². The Balaban J connectivity index is 1.20. The number of carboxylic acids is 1. The first kappa shape index (κ1) is 28.3.